The van der Waals surface area contributed by atoms with Crippen LogP contribution in [0.15, 0.2) is 11.6 Å². The first-order valence-electron chi connectivity index (χ1n) is 3.24. The molecule has 0 unspecified atom stereocenters. The van der Waals surface area contributed by atoms with Gasteiger partial charge in [-0.2, -0.15) is 0 Å². The SMILES string of the molecule is CCC1=CC[N-]CC1.[Re]. The molecule has 2 heteroatoms. The van der Waals surface area contributed by atoms with Gasteiger partial charge in [0.05, 0.1) is 0 Å². The molecule has 0 saturated heterocycles. The summed E-state index contributed by atoms with van der Waals surface area (Å²) in [5.74, 6) is 0. The van der Waals surface area contributed by atoms with Crippen molar-refractivity contribution in [2.24, 2.45) is 0 Å². The molecule has 0 aromatic carbocycles. The molecule has 0 saturated carbocycles. The maximum atomic E-state index is 4.20. The van der Waals surface area contributed by atoms with Crippen molar-refractivity contribution in [3.05, 3.63) is 17.0 Å². The molecule has 1 aliphatic heterocycles. The van der Waals surface area contributed by atoms with E-state index in [1.807, 2.05) is 0 Å². The molecule has 0 fully saturated rings. The molecule has 0 bridgehead atoms. The molecular formula is C7H12NRe-. The standard InChI is InChI=1S/C7H12N.Re/c1-2-7-3-5-8-6-4-7;/h3H,2,4-6H2,1H3;/q-1;. The van der Waals surface area contributed by atoms with Gasteiger partial charge in [-0.25, -0.2) is 0 Å². The maximum absolute atomic E-state index is 4.20. The van der Waals surface area contributed by atoms with E-state index in [4.69, 9.17) is 0 Å². The van der Waals surface area contributed by atoms with Crippen LogP contribution in [-0.2, 0) is 20.4 Å². The van der Waals surface area contributed by atoms with Crippen LogP contribution in [-0.4, -0.2) is 13.1 Å². The quantitative estimate of drug-likeness (QED) is 0.658. The van der Waals surface area contributed by atoms with Crippen LogP contribution in [0.25, 0.3) is 5.32 Å². The number of hydrogen-bond donors (Lipinski definition) is 0. The van der Waals surface area contributed by atoms with Gasteiger partial charge in [0.15, 0.2) is 0 Å². The minimum Gasteiger partial charge on any atom is -0.659 e. The second kappa shape index (κ2) is 5.17. The summed E-state index contributed by atoms with van der Waals surface area (Å²) >= 11 is 0. The monoisotopic (exact) mass is 297 g/mol. The summed E-state index contributed by atoms with van der Waals surface area (Å²) in [6.07, 6.45) is 4.66. The fourth-order valence-corrected chi connectivity index (χ4v) is 0.931. The van der Waals surface area contributed by atoms with Crippen molar-refractivity contribution in [1.82, 2.24) is 0 Å². The first-order valence-corrected chi connectivity index (χ1v) is 3.24. The zero-order valence-electron chi connectivity index (χ0n) is 5.73. The van der Waals surface area contributed by atoms with Gasteiger partial charge in [-0.1, -0.05) is 18.9 Å². The molecule has 0 aliphatic carbocycles. The van der Waals surface area contributed by atoms with Crippen LogP contribution >= 0.6 is 0 Å². The topological polar surface area (TPSA) is 14.1 Å². The Balaban J connectivity index is 0.000000640. The summed E-state index contributed by atoms with van der Waals surface area (Å²) in [6, 6.07) is 0. The zero-order valence-corrected chi connectivity index (χ0v) is 8.45. The molecule has 53 valence electrons. The Hall–Kier alpha value is 0.362. The van der Waals surface area contributed by atoms with Gasteiger partial charge in [0.2, 0.25) is 0 Å². The third-order valence-corrected chi connectivity index (χ3v) is 1.55. The summed E-state index contributed by atoms with van der Waals surface area (Å²) < 4.78 is 0. The van der Waals surface area contributed by atoms with Gasteiger partial charge in [-0.3, -0.25) is 0 Å². The molecule has 0 atom stereocenters. The molecule has 1 radical (unpaired) electrons. The van der Waals surface area contributed by atoms with E-state index in [1.165, 1.54) is 12.8 Å². The maximum Gasteiger partial charge on any atom is 0 e. The third-order valence-electron chi connectivity index (χ3n) is 1.55. The average molecular weight is 296 g/mol. The van der Waals surface area contributed by atoms with E-state index in [2.05, 4.69) is 18.3 Å². The van der Waals surface area contributed by atoms with E-state index in [9.17, 15) is 0 Å². The van der Waals surface area contributed by atoms with E-state index in [1.54, 1.807) is 5.57 Å². The van der Waals surface area contributed by atoms with Gasteiger partial charge in [-0.15, -0.1) is 19.2 Å². The van der Waals surface area contributed by atoms with Crippen LogP contribution in [0.3, 0.4) is 0 Å². The number of rotatable bonds is 1. The van der Waals surface area contributed by atoms with E-state index >= 15 is 0 Å². The molecule has 1 heterocycles. The second-order valence-electron chi connectivity index (χ2n) is 2.10. The van der Waals surface area contributed by atoms with Gasteiger partial charge in [-0.05, 0) is 6.42 Å². The first kappa shape index (κ1) is 9.36. The number of nitrogens with zero attached hydrogens (tertiary/aromatic N) is 1. The molecular weight excluding hydrogens is 284 g/mol. The van der Waals surface area contributed by atoms with Gasteiger partial charge < -0.3 is 5.32 Å². The second-order valence-corrected chi connectivity index (χ2v) is 2.10. The molecule has 0 aromatic heterocycles. The van der Waals surface area contributed by atoms with E-state index < -0.39 is 0 Å². The Labute approximate surface area is 70.6 Å². The molecule has 1 aliphatic rings. The van der Waals surface area contributed by atoms with Crippen LogP contribution in [0.4, 0.5) is 0 Å². The summed E-state index contributed by atoms with van der Waals surface area (Å²) in [4.78, 5) is 0. The minimum atomic E-state index is 0. The van der Waals surface area contributed by atoms with Crippen molar-refractivity contribution in [2.45, 2.75) is 19.8 Å². The Morgan fingerprint density at radius 3 is 2.78 bits per heavy atom. The predicted molar refractivity (Wildman–Crippen MR) is 36.1 cm³/mol. The largest absolute Gasteiger partial charge is 0.659 e. The molecule has 0 amide bonds. The van der Waals surface area contributed by atoms with Gasteiger partial charge >= 0.3 is 0 Å². The normalized spacial score (nSPS) is 18.1. The minimum absolute atomic E-state index is 0. The van der Waals surface area contributed by atoms with Crippen LogP contribution in [0, 0.1) is 0 Å². The molecule has 0 spiro atoms. The van der Waals surface area contributed by atoms with Gasteiger partial charge in [0, 0.05) is 20.4 Å². The van der Waals surface area contributed by atoms with Crippen LogP contribution in [0.2, 0.25) is 0 Å². The molecule has 1 nitrogen and oxygen atoms in total. The van der Waals surface area contributed by atoms with Crippen molar-refractivity contribution >= 4 is 0 Å². The fraction of sp³-hybridized carbons (Fsp3) is 0.714. The number of hydrogen-bond acceptors (Lipinski definition) is 0. The Kier molecular flexibility index (Phi) is 5.38. The van der Waals surface area contributed by atoms with Crippen molar-refractivity contribution in [2.75, 3.05) is 13.1 Å². The van der Waals surface area contributed by atoms with Crippen molar-refractivity contribution in [3.63, 3.8) is 0 Å². The van der Waals surface area contributed by atoms with Crippen molar-refractivity contribution in [3.8, 4) is 0 Å². The molecule has 9 heavy (non-hydrogen) atoms. The Bertz CT molecular complexity index is 99.1. The molecule has 1 rings (SSSR count). The molecule has 0 N–H and O–H groups in total. The van der Waals surface area contributed by atoms with Crippen molar-refractivity contribution in [1.29, 1.82) is 0 Å². The van der Waals surface area contributed by atoms with Crippen LogP contribution < -0.4 is 0 Å². The smallest absolute Gasteiger partial charge is 0 e. The van der Waals surface area contributed by atoms with E-state index in [0.29, 0.717) is 0 Å². The predicted octanol–water partition coefficient (Wildman–Crippen LogP) is 2.10. The molecule has 0 aromatic rings. The van der Waals surface area contributed by atoms with Crippen molar-refractivity contribution < 1.29 is 20.4 Å². The van der Waals surface area contributed by atoms with E-state index in [-0.39, 0.29) is 20.4 Å². The summed E-state index contributed by atoms with van der Waals surface area (Å²) in [5, 5.41) is 4.20. The zero-order chi connectivity index (χ0) is 5.82. The average Bonchev–Trinajstić information content (AvgIpc) is 1.90. The van der Waals surface area contributed by atoms with Crippen LogP contribution in [0.1, 0.15) is 19.8 Å². The van der Waals surface area contributed by atoms with Crippen LogP contribution in [0.5, 0.6) is 0 Å². The Morgan fingerprint density at radius 2 is 2.44 bits per heavy atom. The fourth-order valence-electron chi connectivity index (χ4n) is 0.931. The summed E-state index contributed by atoms with van der Waals surface area (Å²) in [5.41, 5.74) is 1.58. The summed E-state index contributed by atoms with van der Waals surface area (Å²) in [7, 11) is 0. The first-order chi connectivity index (χ1) is 3.93. The third kappa shape index (κ3) is 3.15. The Morgan fingerprint density at radius 1 is 1.67 bits per heavy atom. The summed E-state index contributed by atoms with van der Waals surface area (Å²) in [6.45, 7) is 4.22. The van der Waals surface area contributed by atoms with E-state index in [0.717, 1.165) is 13.1 Å². The van der Waals surface area contributed by atoms with Gasteiger partial charge in [0.25, 0.3) is 0 Å². The van der Waals surface area contributed by atoms with Gasteiger partial charge in [0.1, 0.15) is 0 Å².